The number of aromatic nitrogens is 2. The largest absolute Gasteiger partial charge is 0.493 e. The predicted molar refractivity (Wildman–Crippen MR) is 126 cm³/mol. The van der Waals surface area contributed by atoms with E-state index in [0.717, 1.165) is 23.9 Å². The SMILES string of the molecule is CCOc1ccccc1-c1nnc(S[C@@H](C(=O)Nc2cccc(C(F)(F)F)c2)c2ccccc2)o1. The fraction of sp³-hybridized carbons (Fsp3) is 0.160. The predicted octanol–water partition coefficient (Wildman–Crippen LogP) is 6.63. The van der Waals surface area contributed by atoms with E-state index in [0.29, 0.717) is 23.5 Å². The molecule has 180 valence electrons. The van der Waals surface area contributed by atoms with Gasteiger partial charge in [0.05, 0.1) is 17.7 Å². The molecule has 0 spiro atoms. The van der Waals surface area contributed by atoms with Crippen LogP contribution in [0.2, 0.25) is 0 Å². The summed E-state index contributed by atoms with van der Waals surface area (Å²) in [5.74, 6) is 0.272. The van der Waals surface area contributed by atoms with Crippen molar-refractivity contribution in [1.29, 1.82) is 0 Å². The minimum Gasteiger partial charge on any atom is -0.493 e. The van der Waals surface area contributed by atoms with Crippen LogP contribution in [0.5, 0.6) is 5.75 Å². The normalized spacial score (nSPS) is 12.2. The monoisotopic (exact) mass is 499 g/mol. The van der Waals surface area contributed by atoms with Crippen molar-refractivity contribution in [3.8, 4) is 17.2 Å². The number of carbonyl (C=O) groups excluding carboxylic acids is 1. The molecule has 0 bridgehead atoms. The van der Waals surface area contributed by atoms with Crippen LogP contribution in [0.15, 0.2) is 88.5 Å². The highest BCUT2D eigenvalue weighted by Gasteiger charge is 2.31. The lowest BCUT2D eigenvalue weighted by atomic mass is 10.1. The van der Waals surface area contributed by atoms with E-state index in [1.807, 2.05) is 19.1 Å². The Bertz CT molecular complexity index is 1300. The number of carbonyl (C=O) groups is 1. The molecule has 4 aromatic rings. The van der Waals surface area contributed by atoms with E-state index in [1.165, 1.54) is 12.1 Å². The first-order chi connectivity index (χ1) is 16.8. The summed E-state index contributed by atoms with van der Waals surface area (Å²) in [6, 6.07) is 20.5. The minimum absolute atomic E-state index is 0.0308. The Hall–Kier alpha value is -3.79. The first kappa shape index (κ1) is 24.3. The van der Waals surface area contributed by atoms with Crippen LogP contribution in [-0.4, -0.2) is 22.7 Å². The molecule has 1 N–H and O–H groups in total. The third kappa shape index (κ3) is 6.02. The average molecular weight is 500 g/mol. The lowest BCUT2D eigenvalue weighted by molar-refractivity contribution is -0.137. The Labute approximate surface area is 203 Å². The van der Waals surface area contributed by atoms with Crippen LogP contribution in [0.1, 0.15) is 23.3 Å². The molecule has 3 aromatic carbocycles. The highest BCUT2D eigenvalue weighted by atomic mass is 32.2. The molecule has 10 heteroatoms. The third-order valence-corrected chi connectivity index (χ3v) is 5.93. The third-order valence-electron chi connectivity index (χ3n) is 4.84. The van der Waals surface area contributed by atoms with Gasteiger partial charge in [-0.05, 0) is 54.6 Å². The van der Waals surface area contributed by atoms with Gasteiger partial charge in [-0.1, -0.05) is 48.5 Å². The molecule has 35 heavy (non-hydrogen) atoms. The van der Waals surface area contributed by atoms with Crippen molar-refractivity contribution in [3.63, 3.8) is 0 Å². The molecule has 0 aliphatic heterocycles. The summed E-state index contributed by atoms with van der Waals surface area (Å²) in [4.78, 5) is 13.2. The van der Waals surface area contributed by atoms with Crippen molar-refractivity contribution >= 4 is 23.4 Å². The molecule has 1 amide bonds. The standard InChI is InChI=1S/C25H20F3N3O3S/c1-2-33-20-14-7-6-13-19(20)23-30-31-24(34-23)35-21(16-9-4-3-5-10-16)22(32)29-18-12-8-11-17(15-18)25(26,27)28/h3-15,21H,2H2,1H3,(H,29,32)/t21-/m1/s1. The number of ether oxygens (including phenoxy) is 1. The van der Waals surface area contributed by atoms with Crippen molar-refractivity contribution in [2.45, 2.75) is 23.6 Å². The number of rotatable bonds is 8. The van der Waals surface area contributed by atoms with E-state index in [2.05, 4.69) is 15.5 Å². The summed E-state index contributed by atoms with van der Waals surface area (Å²) >= 11 is 0.998. The van der Waals surface area contributed by atoms with Gasteiger partial charge in [0.2, 0.25) is 5.91 Å². The number of alkyl halides is 3. The van der Waals surface area contributed by atoms with Crippen LogP contribution in [0, 0.1) is 0 Å². The van der Waals surface area contributed by atoms with Gasteiger partial charge >= 0.3 is 6.18 Å². The summed E-state index contributed by atoms with van der Waals surface area (Å²) in [6.07, 6.45) is -4.52. The Morgan fingerprint density at radius 3 is 2.51 bits per heavy atom. The van der Waals surface area contributed by atoms with E-state index in [9.17, 15) is 18.0 Å². The fourth-order valence-electron chi connectivity index (χ4n) is 3.27. The lowest BCUT2D eigenvalue weighted by Gasteiger charge is -2.16. The van der Waals surface area contributed by atoms with Gasteiger partial charge in [0.15, 0.2) is 0 Å². The molecule has 0 aliphatic rings. The maximum atomic E-state index is 13.2. The number of anilines is 1. The first-order valence-corrected chi connectivity index (χ1v) is 11.5. The zero-order valence-corrected chi connectivity index (χ0v) is 19.3. The van der Waals surface area contributed by atoms with Gasteiger partial charge in [-0.25, -0.2) is 0 Å². The Kier molecular flexibility index (Phi) is 7.40. The molecule has 4 rings (SSSR count). The smallest absolute Gasteiger partial charge is 0.416 e. The molecular weight excluding hydrogens is 479 g/mol. The molecule has 0 fully saturated rings. The van der Waals surface area contributed by atoms with Gasteiger partial charge in [0, 0.05) is 5.69 Å². The zero-order valence-electron chi connectivity index (χ0n) is 18.5. The minimum atomic E-state index is -4.52. The van der Waals surface area contributed by atoms with E-state index in [1.54, 1.807) is 42.5 Å². The molecule has 6 nitrogen and oxygen atoms in total. The topological polar surface area (TPSA) is 77.2 Å². The van der Waals surface area contributed by atoms with Crippen LogP contribution in [-0.2, 0) is 11.0 Å². The van der Waals surface area contributed by atoms with Gasteiger partial charge in [0.1, 0.15) is 11.0 Å². The molecule has 0 unspecified atom stereocenters. The van der Waals surface area contributed by atoms with Crippen molar-refractivity contribution < 1.29 is 27.1 Å². The van der Waals surface area contributed by atoms with E-state index in [4.69, 9.17) is 9.15 Å². The number of nitrogens with zero attached hydrogens (tertiary/aromatic N) is 2. The quantitative estimate of drug-likeness (QED) is 0.274. The number of benzene rings is 3. The van der Waals surface area contributed by atoms with E-state index >= 15 is 0 Å². The second-order valence-electron chi connectivity index (χ2n) is 7.28. The molecule has 1 heterocycles. The van der Waals surface area contributed by atoms with Crippen molar-refractivity contribution in [1.82, 2.24) is 10.2 Å². The molecular formula is C25H20F3N3O3S. The molecule has 0 saturated carbocycles. The highest BCUT2D eigenvalue weighted by molar-refractivity contribution is 8.00. The van der Waals surface area contributed by atoms with Crippen LogP contribution in [0.3, 0.4) is 0 Å². The number of para-hydroxylation sites is 1. The molecule has 1 atom stereocenters. The van der Waals surface area contributed by atoms with Gasteiger partial charge in [-0.3, -0.25) is 4.79 Å². The number of thioether (sulfide) groups is 1. The lowest BCUT2D eigenvalue weighted by Crippen LogP contribution is -2.19. The van der Waals surface area contributed by atoms with E-state index < -0.39 is 22.9 Å². The number of halogens is 3. The second kappa shape index (κ2) is 10.6. The van der Waals surface area contributed by atoms with Crippen LogP contribution < -0.4 is 10.1 Å². The average Bonchev–Trinajstić information content (AvgIpc) is 3.32. The molecule has 1 aromatic heterocycles. The summed E-state index contributed by atoms with van der Waals surface area (Å²) in [5.41, 5.74) is 0.409. The summed E-state index contributed by atoms with van der Waals surface area (Å²) in [5, 5.41) is 9.97. The Morgan fingerprint density at radius 1 is 1.03 bits per heavy atom. The number of amides is 1. The van der Waals surface area contributed by atoms with Crippen LogP contribution >= 0.6 is 11.8 Å². The van der Waals surface area contributed by atoms with Crippen molar-refractivity contribution in [3.05, 3.63) is 90.0 Å². The summed E-state index contributed by atoms with van der Waals surface area (Å²) < 4.78 is 50.7. The summed E-state index contributed by atoms with van der Waals surface area (Å²) in [6.45, 7) is 2.32. The Balaban J connectivity index is 1.59. The molecule has 0 aliphatic carbocycles. The number of hydrogen-bond acceptors (Lipinski definition) is 6. The van der Waals surface area contributed by atoms with E-state index in [-0.39, 0.29) is 16.8 Å². The van der Waals surface area contributed by atoms with Crippen LogP contribution in [0.25, 0.3) is 11.5 Å². The number of hydrogen-bond donors (Lipinski definition) is 1. The van der Waals surface area contributed by atoms with Gasteiger partial charge in [-0.2, -0.15) is 13.2 Å². The van der Waals surface area contributed by atoms with Gasteiger partial charge in [-0.15, -0.1) is 10.2 Å². The molecule has 0 radical (unpaired) electrons. The van der Waals surface area contributed by atoms with Crippen molar-refractivity contribution in [2.75, 3.05) is 11.9 Å². The number of nitrogens with one attached hydrogen (secondary N) is 1. The Morgan fingerprint density at radius 2 is 1.77 bits per heavy atom. The van der Waals surface area contributed by atoms with Gasteiger partial charge in [0.25, 0.3) is 11.1 Å². The fourth-order valence-corrected chi connectivity index (χ4v) is 4.15. The van der Waals surface area contributed by atoms with Crippen molar-refractivity contribution in [2.24, 2.45) is 0 Å². The highest BCUT2D eigenvalue weighted by Crippen LogP contribution is 2.38. The van der Waals surface area contributed by atoms with Gasteiger partial charge < -0.3 is 14.5 Å². The maximum absolute atomic E-state index is 13.2. The summed E-state index contributed by atoms with van der Waals surface area (Å²) in [7, 11) is 0. The maximum Gasteiger partial charge on any atom is 0.416 e. The first-order valence-electron chi connectivity index (χ1n) is 10.6. The second-order valence-corrected chi connectivity index (χ2v) is 8.34. The van der Waals surface area contributed by atoms with Crippen LogP contribution in [0.4, 0.5) is 18.9 Å². The molecule has 0 saturated heterocycles. The zero-order chi connectivity index (χ0) is 24.8.